The normalized spacial score (nSPS) is 26.3. The van der Waals surface area contributed by atoms with Crippen molar-refractivity contribution in [3.63, 3.8) is 0 Å². The Labute approximate surface area is 110 Å². The fraction of sp³-hybridized carbons (Fsp3) is 0.778. The van der Waals surface area contributed by atoms with E-state index in [0.29, 0.717) is 0 Å². The zero-order valence-electron chi connectivity index (χ0n) is 10.3. The van der Waals surface area contributed by atoms with Gasteiger partial charge in [-0.05, 0) is 26.7 Å². The predicted octanol–water partition coefficient (Wildman–Crippen LogP) is 0.577. The molecule has 0 aliphatic carbocycles. The van der Waals surface area contributed by atoms with E-state index in [1.165, 1.54) is 0 Å². The summed E-state index contributed by atoms with van der Waals surface area (Å²) < 4.78 is 24.1. The van der Waals surface area contributed by atoms with E-state index in [-0.39, 0.29) is 21.6 Å². The quantitative estimate of drug-likeness (QED) is 0.844. The maximum Gasteiger partial charge on any atom is 0.282 e. The van der Waals surface area contributed by atoms with Crippen LogP contribution in [0.15, 0.2) is 4.34 Å². The molecule has 18 heavy (non-hydrogen) atoms. The number of nitrogens with one attached hydrogen (secondary N) is 1. The molecule has 1 aliphatic heterocycles. The first-order chi connectivity index (χ1) is 8.40. The van der Waals surface area contributed by atoms with Crippen LogP contribution < -0.4 is 10.6 Å². The summed E-state index contributed by atoms with van der Waals surface area (Å²) in [5.74, 6) is 0. The molecule has 1 aromatic rings. The minimum Gasteiger partial charge on any atom is -0.374 e. The summed E-state index contributed by atoms with van der Waals surface area (Å²) in [4.78, 5) is 2.58. The van der Waals surface area contributed by atoms with Gasteiger partial charge in [0.1, 0.15) is 0 Å². The Morgan fingerprint density at radius 3 is 2.44 bits per heavy atom. The molecule has 9 heteroatoms. The average molecular weight is 291 g/mol. The summed E-state index contributed by atoms with van der Waals surface area (Å²) in [6.45, 7) is 4.01. The van der Waals surface area contributed by atoms with Gasteiger partial charge >= 0.3 is 0 Å². The summed E-state index contributed by atoms with van der Waals surface area (Å²) in [5.41, 5.74) is 5.40. The zero-order chi connectivity index (χ0) is 13.3. The molecule has 0 radical (unpaired) electrons. The largest absolute Gasteiger partial charge is 0.374 e. The van der Waals surface area contributed by atoms with Crippen molar-refractivity contribution in [2.45, 2.75) is 49.5 Å². The van der Waals surface area contributed by atoms with Crippen LogP contribution >= 0.6 is 11.3 Å². The highest BCUT2D eigenvalue weighted by Gasteiger charge is 2.30. The molecular formula is C9H17N5O2S2. The van der Waals surface area contributed by atoms with E-state index in [1.807, 2.05) is 13.8 Å². The molecule has 0 aromatic carbocycles. The van der Waals surface area contributed by atoms with Crippen molar-refractivity contribution in [2.75, 3.05) is 5.73 Å². The van der Waals surface area contributed by atoms with E-state index in [9.17, 15) is 8.42 Å². The number of hydrazine groups is 1. The molecule has 1 fully saturated rings. The van der Waals surface area contributed by atoms with E-state index in [1.54, 1.807) is 5.01 Å². The van der Waals surface area contributed by atoms with Gasteiger partial charge in [0.25, 0.3) is 14.4 Å². The van der Waals surface area contributed by atoms with Crippen LogP contribution in [0.5, 0.6) is 0 Å². The number of rotatable bonds is 3. The Hall–Kier alpha value is -0.770. The number of piperidine rings is 1. The molecule has 7 nitrogen and oxygen atoms in total. The number of aromatic nitrogens is 2. The molecule has 1 saturated heterocycles. The Morgan fingerprint density at radius 1 is 1.33 bits per heavy atom. The third-order valence-corrected chi connectivity index (χ3v) is 5.52. The number of hydrogen-bond donors (Lipinski definition) is 2. The van der Waals surface area contributed by atoms with Gasteiger partial charge in [0.2, 0.25) is 5.13 Å². The van der Waals surface area contributed by atoms with Gasteiger partial charge in [0.15, 0.2) is 0 Å². The number of nitrogen functional groups attached to an aromatic ring is 1. The van der Waals surface area contributed by atoms with E-state index < -0.39 is 10.0 Å². The lowest BCUT2D eigenvalue weighted by molar-refractivity contribution is 0.0790. The fourth-order valence-corrected chi connectivity index (χ4v) is 4.12. The predicted molar refractivity (Wildman–Crippen MR) is 69.3 cm³/mol. The van der Waals surface area contributed by atoms with Crippen LogP contribution in [0.4, 0.5) is 5.13 Å². The van der Waals surface area contributed by atoms with Crippen molar-refractivity contribution in [1.29, 1.82) is 0 Å². The van der Waals surface area contributed by atoms with Crippen molar-refractivity contribution in [1.82, 2.24) is 20.0 Å². The SMILES string of the molecule is CC1CCCC(C)N1NS(=O)(=O)c1nnc(N)s1. The molecule has 2 heterocycles. The monoisotopic (exact) mass is 291 g/mol. The smallest absolute Gasteiger partial charge is 0.282 e. The highest BCUT2D eigenvalue weighted by Crippen LogP contribution is 2.23. The van der Waals surface area contributed by atoms with Gasteiger partial charge < -0.3 is 5.73 Å². The Bertz CT molecular complexity index is 505. The summed E-state index contributed by atoms with van der Waals surface area (Å²) in [6.07, 6.45) is 3.07. The van der Waals surface area contributed by atoms with Crippen molar-refractivity contribution in [2.24, 2.45) is 0 Å². The molecule has 0 saturated carbocycles. The number of nitrogens with two attached hydrogens (primary N) is 1. The second kappa shape index (κ2) is 5.08. The first-order valence-corrected chi connectivity index (χ1v) is 8.10. The van der Waals surface area contributed by atoms with E-state index in [0.717, 1.165) is 30.6 Å². The molecule has 0 bridgehead atoms. The number of hydrogen-bond acceptors (Lipinski definition) is 7. The van der Waals surface area contributed by atoms with E-state index in [4.69, 9.17) is 5.73 Å². The summed E-state index contributed by atoms with van der Waals surface area (Å²) in [6, 6.07) is 0.350. The summed E-state index contributed by atoms with van der Waals surface area (Å²) in [7, 11) is -3.66. The maximum atomic E-state index is 12.1. The third kappa shape index (κ3) is 2.79. The van der Waals surface area contributed by atoms with E-state index in [2.05, 4.69) is 15.0 Å². The number of nitrogens with zero attached hydrogens (tertiary/aromatic N) is 3. The van der Waals surface area contributed by atoms with Crippen molar-refractivity contribution >= 4 is 26.5 Å². The van der Waals surface area contributed by atoms with Gasteiger partial charge in [-0.25, -0.2) is 13.4 Å². The van der Waals surface area contributed by atoms with Crippen LogP contribution in [-0.2, 0) is 10.0 Å². The number of sulfonamides is 1. The second-order valence-corrected chi connectivity index (χ2v) is 7.38. The van der Waals surface area contributed by atoms with Gasteiger partial charge in [0.05, 0.1) is 0 Å². The van der Waals surface area contributed by atoms with Gasteiger partial charge in [-0.2, -0.15) is 0 Å². The summed E-state index contributed by atoms with van der Waals surface area (Å²) in [5, 5.41) is 9.01. The standard InChI is InChI=1S/C9H17N5O2S2/c1-6-4-3-5-7(2)14(6)13-18(15,16)9-12-11-8(10)17-9/h6-7,13H,3-5H2,1-2H3,(H2,10,11). The third-order valence-electron chi connectivity index (χ3n) is 3.07. The fourth-order valence-electron chi connectivity index (χ4n) is 2.11. The first-order valence-electron chi connectivity index (χ1n) is 5.80. The van der Waals surface area contributed by atoms with Crippen LogP contribution in [0, 0.1) is 0 Å². The maximum absolute atomic E-state index is 12.1. The first kappa shape index (κ1) is 13.7. The van der Waals surface area contributed by atoms with Crippen LogP contribution in [0.25, 0.3) is 0 Å². The molecule has 2 unspecified atom stereocenters. The van der Waals surface area contributed by atoms with Crippen molar-refractivity contribution in [3.05, 3.63) is 0 Å². The van der Waals surface area contributed by atoms with Crippen LogP contribution in [0.1, 0.15) is 33.1 Å². The lowest BCUT2D eigenvalue weighted by atomic mass is 10.0. The zero-order valence-corrected chi connectivity index (χ0v) is 12.0. The molecule has 3 N–H and O–H groups in total. The lowest BCUT2D eigenvalue weighted by Crippen LogP contribution is -2.53. The molecule has 0 spiro atoms. The molecular weight excluding hydrogens is 274 g/mol. The average Bonchev–Trinajstić information content (AvgIpc) is 2.71. The minimum absolute atomic E-state index is 0.0926. The second-order valence-electron chi connectivity index (χ2n) is 4.54. The van der Waals surface area contributed by atoms with Crippen molar-refractivity contribution in [3.8, 4) is 0 Å². The topological polar surface area (TPSA) is 101 Å². The summed E-state index contributed by atoms with van der Waals surface area (Å²) >= 11 is 0.864. The Balaban J connectivity index is 2.17. The van der Waals surface area contributed by atoms with Crippen molar-refractivity contribution < 1.29 is 8.42 Å². The molecule has 1 aliphatic rings. The minimum atomic E-state index is -3.66. The highest BCUT2D eigenvalue weighted by molar-refractivity contribution is 7.91. The van der Waals surface area contributed by atoms with Crippen LogP contribution in [0.3, 0.4) is 0 Å². The lowest BCUT2D eigenvalue weighted by Gasteiger charge is -2.38. The Kier molecular flexibility index (Phi) is 3.85. The highest BCUT2D eigenvalue weighted by atomic mass is 32.2. The molecule has 2 rings (SSSR count). The van der Waals surface area contributed by atoms with Gasteiger partial charge in [-0.1, -0.05) is 17.8 Å². The van der Waals surface area contributed by atoms with Crippen LogP contribution in [-0.4, -0.2) is 35.7 Å². The van der Waals surface area contributed by atoms with Gasteiger partial charge in [-0.3, -0.25) is 0 Å². The molecule has 1 aromatic heterocycles. The van der Waals surface area contributed by atoms with E-state index >= 15 is 0 Å². The number of anilines is 1. The molecule has 102 valence electrons. The van der Waals surface area contributed by atoms with Gasteiger partial charge in [-0.15, -0.1) is 15.0 Å². The van der Waals surface area contributed by atoms with Gasteiger partial charge in [0, 0.05) is 12.1 Å². The van der Waals surface area contributed by atoms with Crippen LogP contribution in [0.2, 0.25) is 0 Å². The Morgan fingerprint density at radius 2 is 1.94 bits per heavy atom. The molecule has 2 atom stereocenters. The molecule has 0 amide bonds.